The van der Waals surface area contributed by atoms with Gasteiger partial charge in [0.2, 0.25) is 0 Å². The summed E-state index contributed by atoms with van der Waals surface area (Å²) in [5.74, 6) is 0. The minimum absolute atomic E-state index is 0.814. The molecule has 0 nitrogen and oxygen atoms in total. The van der Waals surface area contributed by atoms with Gasteiger partial charge in [-0.1, -0.05) is 24.1 Å². The van der Waals surface area contributed by atoms with Crippen LogP contribution in [0.3, 0.4) is 0 Å². The van der Waals surface area contributed by atoms with E-state index in [1.807, 2.05) is 6.92 Å². The molecule has 0 bridgehead atoms. The first-order valence-electron chi connectivity index (χ1n) is 4.02. The lowest BCUT2D eigenvalue weighted by Crippen LogP contribution is -1.78. The van der Waals surface area contributed by atoms with Crippen LogP contribution in [0.2, 0.25) is 0 Å². The SMILES string of the molecule is [2H]C1=C(C)C(C)=C(CC)C1. The molecule has 0 heteroatoms. The zero-order valence-electron chi connectivity index (χ0n) is 7.41. The highest BCUT2D eigenvalue weighted by Crippen LogP contribution is 2.26. The maximum absolute atomic E-state index is 7.54. The van der Waals surface area contributed by atoms with E-state index < -0.39 is 0 Å². The zero-order valence-corrected chi connectivity index (χ0v) is 6.41. The van der Waals surface area contributed by atoms with Crippen molar-refractivity contribution in [2.45, 2.75) is 33.6 Å². The van der Waals surface area contributed by atoms with Gasteiger partial charge in [0.1, 0.15) is 0 Å². The Bertz CT molecular complexity index is 209. The predicted octanol–water partition coefficient (Wildman–Crippen LogP) is 3.06. The molecule has 0 aromatic rings. The third-order valence-corrected chi connectivity index (χ3v) is 2.09. The molecule has 0 spiro atoms. The van der Waals surface area contributed by atoms with Gasteiger partial charge < -0.3 is 0 Å². The van der Waals surface area contributed by atoms with Crippen molar-refractivity contribution in [3.8, 4) is 0 Å². The van der Waals surface area contributed by atoms with Crippen molar-refractivity contribution < 1.29 is 1.37 Å². The topological polar surface area (TPSA) is 0 Å². The van der Waals surface area contributed by atoms with Gasteiger partial charge in [-0.2, -0.15) is 0 Å². The Morgan fingerprint density at radius 3 is 2.56 bits per heavy atom. The van der Waals surface area contributed by atoms with E-state index in [4.69, 9.17) is 1.37 Å². The molecule has 0 heterocycles. The van der Waals surface area contributed by atoms with E-state index in [0.29, 0.717) is 0 Å². The van der Waals surface area contributed by atoms with E-state index in [1.54, 1.807) is 0 Å². The standard InChI is InChI=1S/C9H14/c1-4-9-6-5-7(2)8(9)3/h5H,4,6H2,1-3H3/i5D. The second-order valence-corrected chi connectivity index (χ2v) is 2.56. The van der Waals surface area contributed by atoms with Gasteiger partial charge in [0, 0.05) is 0 Å². The van der Waals surface area contributed by atoms with Crippen molar-refractivity contribution in [3.63, 3.8) is 0 Å². The molecule has 0 N–H and O–H groups in total. The molecule has 0 saturated carbocycles. The molecule has 9 heavy (non-hydrogen) atoms. The summed E-state index contributed by atoms with van der Waals surface area (Å²) in [5, 5.41) is 0. The highest BCUT2D eigenvalue weighted by molar-refractivity contribution is 5.39. The van der Waals surface area contributed by atoms with Crippen LogP contribution in [0.25, 0.3) is 0 Å². The molecule has 0 unspecified atom stereocenters. The largest absolute Gasteiger partial charge is 0.0772 e. The summed E-state index contributed by atoms with van der Waals surface area (Å²) >= 11 is 0. The summed E-state index contributed by atoms with van der Waals surface area (Å²) in [6.07, 6.45) is 2.00. The number of hydrogen-bond acceptors (Lipinski definition) is 0. The minimum atomic E-state index is 0.814. The van der Waals surface area contributed by atoms with Crippen molar-refractivity contribution in [2.75, 3.05) is 0 Å². The molecule has 1 aliphatic carbocycles. The van der Waals surface area contributed by atoms with Crippen LogP contribution in [-0.2, 0) is 0 Å². The monoisotopic (exact) mass is 123 g/mol. The number of hydrogen-bond donors (Lipinski definition) is 0. The van der Waals surface area contributed by atoms with Crippen LogP contribution < -0.4 is 0 Å². The van der Waals surface area contributed by atoms with Gasteiger partial charge in [0.05, 0.1) is 1.37 Å². The fraction of sp³-hybridized carbons (Fsp3) is 0.556. The van der Waals surface area contributed by atoms with Crippen molar-refractivity contribution in [3.05, 3.63) is 22.8 Å². The summed E-state index contributed by atoms with van der Waals surface area (Å²) < 4.78 is 7.54. The van der Waals surface area contributed by atoms with Crippen LogP contribution >= 0.6 is 0 Å². The summed E-state index contributed by atoms with van der Waals surface area (Å²) in [7, 11) is 0. The van der Waals surface area contributed by atoms with E-state index in [-0.39, 0.29) is 0 Å². The highest BCUT2D eigenvalue weighted by Gasteiger charge is 2.06. The number of rotatable bonds is 1. The van der Waals surface area contributed by atoms with Gasteiger partial charge in [0.15, 0.2) is 0 Å². The highest BCUT2D eigenvalue weighted by atomic mass is 14.1. The first-order chi connectivity index (χ1) is 4.66. The van der Waals surface area contributed by atoms with Crippen molar-refractivity contribution in [1.82, 2.24) is 0 Å². The lowest BCUT2D eigenvalue weighted by atomic mass is 10.1. The molecule has 0 fully saturated rings. The van der Waals surface area contributed by atoms with E-state index in [0.717, 1.165) is 18.9 Å². The third-order valence-electron chi connectivity index (χ3n) is 2.09. The molecule has 0 saturated heterocycles. The molecule has 50 valence electrons. The summed E-state index contributed by atoms with van der Waals surface area (Å²) in [5.41, 5.74) is 3.99. The Morgan fingerprint density at radius 2 is 2.33 bits per heavy atom. The van der Waals surface area contributed by atoms with E-state index in [2.05, 4.69) is 13.8 Å². The van der Waals surface area contributed by atoms with Gasteiger partial charge in [-0.3, -0.25) is 0 Å². The molecule has 1 rings (SSSR count). The number of allylic oxidation sites excluding steroid dienone is 4. The van der Waals surface area contributed by atoms with Crippen LogP contribution in [0, 0.1) is 0 Å². The minimum Gasteiger partial charge on any atom is -0.0772 e. The average Bonchev–Trinajstić information content (AvgIpc) is 2.17. The summed E-state index contributed by atoms with van der Waals surface area (Å²) in [6.45, 7) is 6.32. The molecular formula is C9H14. The van der Waals surface area contributed by atoms with Crippen LogP contribution in [0.4, 0.5) is 0 Å². The fourth-order valence-electron chi connectivity index (χ4n) is 1.16. The lowest BCUT2D eigenvalue weighted by molar-refractivity contribution is 1.03. The predicted molar refractivity (Wildman–Crippen MR) is 41.4 cm³/mol. The van der Waals surface area contributed by atoms with Crippen LogP contribution in [0.5, 0.6) is 0 Å². The Hall–Kier alpha value is -0.520. The maximum atomic E-state index is 7.54. The molecule has 0 aromatic carbocycles. The van der Waals surface area contributed by atoms with E-state index in [9.17, 15) is 0 Å². The van der Waals surface area contributed by atoms with Crippen molar-refractivity contribution in [2.24, 2.45) is 0 Å². The van der Waals surface area contributed by atoms with Gasteiger partial charge in [-0.05, 0) is 32.3 Å². The first kappa shape index (κ1) is 5.28. The normalized spacial score (nSPS) is 21.4. The molecule has 0 amide bonds. The van der Waals surface area contributed by atoms with Gasteiger partial charge >= 0.3 is 0 Å². The second kappa shape index (κ2) is 2.38. The Morgan fingerprint density at radius 1 is 1.67 bits per heavy atom. The van der Waals surface area contributed by atoms with Gasteiger partial charge in [0.25, 0.3) is 0 Å². The van der Waals surface area contributed by atoms with Crippen molar-refractivity contribution >= 4 is 0 Å². The average molecular weight is 123 g/mol. The van der Waals surface area contributed by atoms with Crippen molar-refractivity contribution in [1.29, 1.82) is 0 Å². The smallest absolute Gasteiger partial charge is 0.0582 e. The Labute approximate surface area is 58.7 Å². The van der Waals surface area contributed by atoms with Gasteiger partial charge in [-0.15, -0.1) is 0 Å². The lowest BCUT2D eigenvalue weighted by Gasteiger charge is -1.98. The fourth-order valence-corrected chi connectivity index (χ4v) is 1.16. The molecule has 0 atom stereocenters. The van der Waals surface area contributed by atoms with E-state index in [1.165, 1.54) is 16.7 Å². The van der Waals surface area contributed by atoms with Crippen LogP contribution in [0.1, 0.15) is 35.0 Å². The second-order valence-electron chi connectivity index (χ2n) is 2.56. The van der Waals surface area contributed by atoms with Gasteiger partial charge in [-0.25, -0.2) is 0 Å². The van der Waals surface area contributed by atoms with E-state index >= 15 is 0 Å². The Kier molecular flexibility index (Phi) is 1.40. The van der Waals surface area contributed by atoms with Crippen LogP contribution in [-0.4, -0.2) is 0 Å². The summed E-state index contributed by atoms with van der Waals surface area (Å²) in [4.78, 5) is 0. The maximum Gasteiger partial charge on any atom is 0.0582 e. The molecule has 0 aromatic heterocycles. The summed E-state index contributed by atoms with van der Waals surface area (Å²) in [6, 6.07) is 0.814. The third kappa shape index (κ3) is 1.07. The Balaban J connectivity index is 2.89. The first-order valence-corrected chi connectivity index (χ1v) is 3.52. The zero-order chi connectivity index (χ0) is 7.72. The molecular weight excluding hydrogens is 108 g/mol. The quantitative estimate of drug-likeness (QED) is 0.502. The molecule has 1 aliphatic rings. The molecule has 0 aliphatic heterocycles. The molecule has 0 radical (unpaired) electrons. The van der Waals surface area contributed by atoms with Crippen LogP contribution in [0.15, 0.2) is 22.8 Å².